The Labute approximate surface area is 155 Å². The third-order valence-electron chi connectivity index (χ3n) is 3.66. The van der Waals surface area contributed by atoms with E-state index in [2.05, 4.69) is 10.3 Å². The van der Waals surface area contributed by atoms with Gasteiger partial charge in [0.15, 0.2) is 5.13 Å². The van der Waals surface area contributed by atoms with Crippen LogP contribution in [0.25, 0.3) is 11.3 Å². The SMILES string of the molecule is COc1ccc(C)cc1-c1csc(NC(=O)Cc2ccc(Cl)cc2)n1. The number of hydrogen-bond acceptors (Lipinski definition) is 4. The molecule has 0 unspecified atom stereocenters. The number of carbonyl (C=O) groups excluding carboxylic acids is 1. The number of anilines is 1. The molecular weight excluding hydrogens is 356 g/mol. The maximum Gasteiger partial charge on any atom is 0.230 e. The van der Waals surface area contributed by atoms with Crippen LogP contribution in [0.4, 0.5) is 5.13 Å². The first-order valence-corrected chi connectivity index (χ1v) is 8.96. The van der Waals surface area contributed by atoms with Gasteiger partial charge in [0.05, 0.1) is 19.2 Å². The monoisotopic (exact) mass is 372 g/mol. The highest BCUT2D eigenvalue weighted by atomic mass is 35.5. The fraction of sp³-hybridized carbons (Fsp3) is 0.158. The number of nitrogens with one attached hydrogen (secondary N) is 1. The summed E-state index contributed by atoms with van der Waals surface area (Å²) in [6, 6.07) is 13.2. The highest BCUT2D eigenvalue weighted by Gasteiger charge is 2.12. The first-order chi connectivity index (χ1) is 12.0. The molecule has 1 aromatic heterocycles. The van der Waals surface area contributed by atoms with Crippen molar-refractivity contribution in [2.75, 3.05) is 12.4 Å². The standard InChI is InChI=1S/C19H17ClN2O2S/c1-12-3-8-17(24-2)15(9-12)16-11-25-19(21-16)22-18(23)10-13-4-6-14(20)7-5-13/h3-9,11H,10H2,1-2H3,(H,21,22,23). The number of hydrogen-bond donors (Lipinski definition) is 1. The zero-order chi connectivity index (χ0) is 17.8. The third kappa shape index (κ3) is 4.38. The number of methoxy groups -OCH3 is 1. The number of nitrogens with zero attached hydrogens (tertiary/aromatic N) is 1. The van der Waals surface area contributed by atoms with Crippen LogP contribution < -0.4 is 10.1 Å². The van der Waals surface area contributed by atoms with Gasteiger partial charge in [0, 0.05) is 16.0 Å². The van der Waals surface area contributed by atoms with E-state index in [0.717, 1.165) is 28.1 Å². The number of aryl methyl sites for hydroxylation is 1. The maximum atomic E-state index is 12.2. The molecular formula is C19H17ClN2O2S. The molecule has 6 heteroatoms. The van der Waals surface area contributed by atoms with Gasteiger partial charge in [-0.05, 0) is 36.8 Å². The normalized spacial score (nSPS) is 10.5. The smallest absolute Gasteiger partial charge is 0.230 e. The molecule has 0 fully saturated rings. The van der Waals surface area contributed by atoms with Gasteiger partial charge in [-0.15, -0.1) is 11.3 Å². The van der Waals surface area contributed by atoms with E-state index in [-0.39, 0.29) is 12.3 Å². The van der Waals surface area contributed by atoms with Crippen molar-refractivity contribution in [2.24, 2.45) is 0 Å². The number of carbonyl (C=O) groups is 1. The van der Waals surface area contributed by atoms with Crippen LogP contribution in [-0.4, -0.2) is 18.0 Å². The summed E-state index contributed by atoms with van der Waals surface area (Å²) in [6.07, 6.45) is 0.278. The van der Waals surface area contributed by atoms with Gasteiger partial charge in [0.2, 0.25) is 5.91 Å². The number of halogens is 1. The summed E-state index contributed by atoms with van der Waals surface area (Å²) in [7, 11) is 1.63. The molecule has 1 N–H and O–H groups in total. The predicted molar refractivity (Wildman–Crippen MR) is 103 cm³/mol. The molecule has 0 aliphatic heterocycles. The van der Waals surface area contributed by atoms with Crippen molar-refractivity contribution in [2.45, 2.75) is 13.3 Å². The third-order valence-corrected chi connectivity index (χ3v) is 4.67. The Balaban J connectivity index is 1.72. The summed E-state index contributed by atoms with van der Waals surface area (Å²) in [6.45, 7) is 2.02. The van der Waals surface area contributed by atoms with Crippen LogP contribution in [-0.2, 0) is 11.2 Å². The molecule has 0 saturated carbocycles. The second-order valence-electron chi connectivity index (χ2n) is 5.59. The Kier molecular flexibility index (Phi) is 5.36. The zero-order valence-electron chi connectivity index (χ0n) is 13.9. The topological polar surface area (TPSA) is 51.2 Å². The lowest BCUT2D eigenvalue weighted by atomic mass is 10.1. The molecule has 1 amide bonds. The average Bonchev–Trinajstić information content (AvgIpc) is 3.05. The number of amides is 1. The maximum absolute atomic E-state index is 12.2. The molecule has 0 aliphatic carbocycles. The molecule has 0 radical (unpaired) electrons. The molecule has 1 heterocycles. The van der Waals surface area contributed by atoms with Crippen LogP contribution in [0, 0.1) is 6.92 Å². The summed E-state index contributed by atoms with van der Waals surface area (Å²) in [5.74, 6) is 0.648. The van der Waals surface area contributed by atoms with E-state index < -0.39 is 0 Å². The molecule has 0 bridgehead atoms. The van der Waals surface area contributed by atoms with E-state index >= 15 is 0 Å². The first kappa shape index (κ1) is 17.5. The van der Waals surface area contributed by atoms with Crippen LogP contribution in [0.5, 0.6) is 5.75 Å². The van der Waals surface area contributed by atoms with Crippen LogP contribution in [0.2, 0.25) is 5.02 Å². The number of benzene rings is 2. The van der Waals surface area contributed by atoms with Crippen LogP contribution in [0.15, 0.2) is 47.8 Å². The van der Waals surface area contributed by atoms with Gasteiger partial charge in [0.25, 0.3) is 0 Å². The van der Waals surface area contributed by atoms with E-state index in [4.69, 9.17) is 16.3 Å². The second-order valence-corrected chi connectivity index (χ2v) is 6.89. The summed E-state index contributed by atoms with van der Waals surface area (Å²) in [5.41, 5.74) is 3.72. The van der Waals surface area contributed by atoms with Gasteiger partial charge in [-0.2, -0.15) is 0 Å². The highest BCUT2D eigenvalue weighted by molar-refractivity contribution is 7.14. The van der Waals surface area contributed by atoms with Crippen molar-refractivity contribution in [3.05, 3.63) is 64.0 Å². The van der Waals surface area contributed by atoms with E-state index in [9.17, 15) is 4.79 Å². The highest BCUT2D eigenvalue weighted by Crippen LogP contribution is 2.33. The van der Waals surface area contributed by atoms with Gasteiger partial charge < -0.3 is 10.1 Å². The van der Waals surface area contributed by atoms with E-state index in [1.807, 2.05) is 42.6 Å². The fourth-order valence-electron chi connectivity index (χ4n) is 2.43. The van der Waals surface area contributed by atoms with Crippen molar-refractivity contribution in [1.29, 1.82) is 0 Å². The molecule has 3 rings (SSSR count). The van der Waals surface area contributed by atoms with Crippen LogP contribution >= 0.6 is 22.9 Å². The summed E-state index contributed by atoms with van der Waals surface area (Å²) in [5, 5.41) is 5.97. The van der Waals surface area contributed by atoms with Crippen molar-refractivity contribution < 1.29 is 9.53 Å². The first-order valence-electron chi connectivity index (χ1n) is 7.70. The van der Waals surface area contributed by atoms with Crippen molar-refractivity contribution in [3.8, 4) is 17.0 Å². The molecule has 0 saturated heterocycles. The van der Waals surface area contributed by atoms with Gasteiger partial charge in [-0.3, -0.25) is 4.79 Å². The number of ether oxygens (including phenoxy) is 1. The average molecular weight is 373 g/mol. The van der Waals surface area contributed by atoms with Crippen LogP contribution in [0.1, 0.15) is 11.1 Å². The minimum absolute atomic E-state index is 0.112. The van der Waals surface area contributed by atoms with Gasteiger partial charge in [-0.1, -0.05) is 35.4 Å². The molecule has 0 aliphatic rings. The quantitative estimate of drug-likeness (QED) is 0.688. The minimum Gasteiger partial charge on any atom is -0.496 e. The van der Waals surface area contributed by atoms with E-state index in [1.165, 1.54) is 11.3 Å². The lowest BCUT2D eigenvalue weighted by molar-refractivity contribution is -0.115. The van der Waals surface area contributed by atoms with Gasteiger partial charge in [0.1, 0.15) is 5.75 Å². The lowest BCUT2D eigenvalue weighted by Gasteiger charge is -2.07. The molecule has 128 valence electrons. The van der Waals surface area contributed by atoms with Crippen molar-refractivity contribution in [3.63, 3.8) is 0 Å². The van der Waals surface area contributed by atoms with Crippen molar-refractivity contribution in [1.82, 2.24) is 4.98 Å². The molecule has 4 nitrogen and oxygen atoms in total. The minimum atomic E-state index is -0.112. The number of aromatic nitrogens is 1. The second kappa shape index (κ2) is 7.68. The summed E-state index contributed by atoms with van der Waals surface area (Å²) >= 11 is 7.25. The predicted octanol–water partition coefficient (Wildman–Crippen LogP) is 4.96. The largest absolute Gasteiger partial charge is 0.496 e. The van der Waals surface area contributed by atoms with Gasteiger partial charge >= 0.3 is 0 Å². The van der Waals surface area contributed by atoms with E-state index in [1.54, 1.807) is 19.2 Å². The lowest BCUT2D eigenvalue weighted by Crippen LogP contribution is -2.14. The van der Waals surface area contributed by atoms with E-state index in [0.29, 0.717) is 10.2 Å². The molecule has 0 atom stereocenters. The Bertz CT molecular complexity index is 891. The van der Waals surface area contributed by atoms with Crippen molar-refractivity contribution >= 4 is 34.0 Å². The Hall–Kier alpha value is -2.37. The Morgan fingerprint density at radius 2 is 2.00 bits per heavy atom. The molecule has 25 heavy (non-hydrogen) atoms. The fourth-order valence-corrected chi connectivity index (χ4v) is 3.28. The van der Waals surface area contributed by atoms with Gasteiger partial charge in [-0.25, -0.2) is 4.98 Å². The summed E-state index contributed by atoms with van der Waals surface area (Å²) < 4.78 is 5.40. The molecule has 0 spiro atoms. The zero-order valence-corrected chi connectivity index (χ0v) is 15.4. The summed E-state index contributed by atoms with van der Waals surface area (Å²) in [4.78, 5) is 16.7. The molecule has 3 aromatic rings. The van der Waals surface area contributed by atoms with Crippen LogP contribution in [0.3, 0.4) is 0 Å². The number of thiazole rings is 1. The number of rotatable bonds is 5. The Morgan fingerprint density at radius 1 is 1.24 bits per heavy atom. The molecule has 2 aromatic carbocycles. The Morgan fingerprint density at radius 3 is 2.72 bits per heavy atom.